The van der Waals surface area contributed by atoms with E-state index in [1.54, 1.807) is 0 Å². The molecule has 32 heavy (non-hydrogen) atoms. The number of rotatable bonds is 12. The van der Waals surface area contributed by atoms with Crippen LogP contribution in [-0.2, 0) is 12.3 Å². The summed E-state index contributed by atoms with van der Waals surface area (Å²) in [5, 5.41) is 0. The Morgan fingerprint density at radius 1 is 0.500 bits per heavy atom. The second kappa shape index (κ2) is 15.6. The second-order valence-electron chi connectivity index (χ2n) is 11.3. The van der Waals surface area contributed by atoms with E-state index < -0.39 is 49.9 Å². The molecule has 0 unspecified atom stereocenters. The molecule has 0 aromatic heterocycles. The Morgan fingerprint density at radius 3 is 1.19 bits per heavy atom. The molecule has 0 aliphatic carbocycles. The van der Waals surface area contributed by atoms with Gasteiger partial charge in [0.2, 0.25) is 0 Å². The first-order valence-corrected chi connectivity index (χ1v) is 28.5. The van der Waals surface area contributed by atoms with Crippen LogP contribution >= 0.6 is 0 Å². The third-order valence-corrected chi connectivity index (χ3v) is 33.0. The van der Waals surface area contributed by atoms with Crippen molar-refractivity contribution >= 4 is 49.9 Å². The van der Waals surface area contributed by atoms with E-state index in [4.69, 9.17) is 12.3 Å². The first-order valence-electron chi connectivity index (χ1n) is 10.0. The van der Waals surface area contributed by atoms with E-state index >= 15 is 0 Å². The maximum atomic E-state index is 6.92. The molecular weight excluding hydrogens is 493 g/mol. The molecule has 0 aliphatic heterocycles. The molecule has 0 N–H and O–H groups in total. The summed E-state index contributed by atoms with van der Waals surface area (Å²) in [5.74, 6) is 0. The minimum Gasteiger partial charge on any atom is -0.456 e. The van der Waals surface area contributed by atoms with E-state index in [1.807, 2.05) is 5.70 Å². The van der Waals surface area contributed by atoms with Crippen LogP contribution in [0.1, 0.15) is 37.1 Å². The van der Waals surface area contributed by atoms with Crippen molar-refractivity contribution in [3.05, 3.63) is 24.6 Å². The Morgan fingerprint density at radius 2 is 0.844 bits per heavy atom. The van der Waals surface area contributed by atoms with Gasteiger partial charge in [0.05, 0.1) is 8.07 Å². The van der Waals surface area contributed by atoms with Crippen molar-refractivity contribution in [1.29, 1.82) is 0 Å². The number of hydrogen-bond donors (Lipinski definition) is 0. The SMILES string of the molecule is C.C.C.C.C.C=C[Si](C)(C)C[Si](C)(C)O[Si](C)(C)C[Si](C)(C)O[Si](C)(C)O[Si](C)(C)C=C. The second-order valence-corrected chi connectivity index (χ2v) is 38.0. The molecule has 0 fully saturated rings. The smallest absolute Gasteiger partial charge is 0.311 e. The van der Waals surface area contributed by atoms with Gasteiger partial charge in [0.25, 0.3) is 0 Å². The molecule has 0 saturated carbocycles. The first kappa shape index (κ1) is 46.1. The third kappa shape index (κ3) is 20.1. The van der Waals surface area contributed by atoms with Crippen molar-refractivity contribution in [2.24, 2.45) is 0 Å². The molecule has 0 radical (unpaired) electrons. The molecule has 9 heteroatoms. The van der Waals surface area contributed by atoms with Crippen LogP contribution in [-0.4, -0.2) is 49.9 Å². The van der Waals surface area contributed by atoms with Crippen molar-refractivity contribution in [3.63, 3.8) is 0 Å². The average molecular weight is 559 g/mol. The van der Waals surface area contributed by atoms with Gasteiger partial charge in [-0.05, 0) is 76.8 Å². The van der Waals surface area contributed by atoms with Gasteiger partial charge in [-0.3, -0.25) is 0 Å². The highest BCUT2D eigenvalue weighted by molar-refractivity contribution is 7.01. The van der Waals surface area contributed by atoms with Crippen molar-refractivity contribution < 1.29 is 12.3 Å². The average Bonchev–Trinajstić information content (AvgIpc) is 2.30. The Kier molecular flexibility index (Phi) is 22.5. The van der Waals surface area contributed by atoms with Gasteiger partial charge in [-0.1, -0.05) is 55.9 Å². The molecule has 0 rings (SSSR count). The Labute approximate surface area is 213 Å². The molecule has 0 saturated heterocycles. The summed E-state index contributed by atoms with van der Waals surface area (Å²) < 4.78 is 20.1. The lowest BCUT2D eigenvalue weighted by molar-refractivity contribution is 0.395. The van der Waals surface area contributed by atoms with Crippen molar-refractivity contribution in [2.45, 2.75) is 127 Å². The molecule has 0 heterocycles. The summed E-state index contributed by atoms with van der Waals surface area (Å²) in [6.07, 6.45) is 0. The topological polar surface area (TPSA) is 27.7 Å². The van der Waals surface area contributed by atoms with Crippen molar-refractivity contribution in [3.8, 4) is 0 Å². The lowest BCUT2D eigenvalue weighted by Crippen LogP contribution is -2.56. The van der Waals surface area contributed by atoms with Gasteiger partial charge < -0.3 is 12.3 Å². The fourth-order valence-corrected chi connectivity index (χ4v) is 42.0. The standard InChI is InChI=1S/C18H46O3Si6.5CH4/c1-15-22(3,4)17-24(7,8)19-25(9,10)18-26(11,12)21-27(13,14)20-23(5,6)16-2;;;;;/h15-16H,1-2,17-18H2,3-14H3;5*1H4. The first-order chi connectivity index (χ1) is 11.7. The zero-order valence-electron chi connectivity index (χ0n) is 20.2. The predicted octanol–water partition coefficient (Wildman–Crippen LogP) is 9.98. The normalized spacial score (nSPS) is 12.6. The Balaban J connectivity index is -0.000000338. The zero-order valence-corrected chi connectivity index (χ0v) is 26.2. The summed E-state index contributed by atoms with van der Waals surface area (Å²) in [6, 6.07) is 0. The van der Waals surface area contributed by atoms with E-state index in [9.17, 15) is 0 Å². The molecule has 3 nitrogen and oxygen atoms in total. The maximum absolute atomic E-state index is 6.92. The van der Waals surface area contributed by atoms with Gasteiger partial charge in [-0.15, -0.1) is 18.9 Å². The summed E-state index contributed by atoms with van der Waals surface area (Å²) >= 11 is 0. The summed E-state index contributed by atoms with van der Waals surface area (Å²) in [4.78, 5) is 0. The van der Waals surface area contributed by atoms with E-state index in [1.165, 1.54) is 5.67 Å². The zero-order chi connectivity index (χ0) is 21.9. The van der Waals surface area contributed by atoms with Gasteiger partial charge in [0, 0.05) is 0 Å². The lowest BCUT2D eigenvalue weighted by Gasteiger charge is -2.42. The van der Waals surface area contributed by atoms with Crippen LogP contribution in [0.15, 0.2) is 24.6 Å². The highest BCUT2D eigenvalue weighted by atomic mass is 28.5. The molecule has 0 bridgehead atoms. The van der Waals surface area contributed by atoms with Crippen molar-refractivity contribution in [1.82, 2.24) is 0 Å². The van der Waals surface area contributed by atoms with Crippen LogP contribution < -0.4 is 0 Å². The molecule has 200 valence electrons. The quantitative estimate of drug-likeness (QED) is 0.223. The van der Waals surface area contributed by atoms with Crippen molar-refractivity contribution in [2.75, 3.05) is 0 Å². The van der Waals surface area contributed by atoms with Gasteiger partial charge in [-0.25, -0.2) is 0 Å². The van der Waals surface area contributed by atoms with Crippen LogP contribution in [0.25, 0.3) is 0 Å². The summed E-state index contributed by atoms with van der Waals surface area (Å²) in [6.45, 7) is 35.7. The van der Waals surface area contributed by atoms with Crippen LogP contribution in [0.5, 0.6) is 0 Å². The van der Waals surface area contributed by atoms with Gasteiger partial charge in [-0.2, -0.15) is 0 Å². The van der Waals surface area contributed by atoms with E-state index in [0.717, 1.165) is 5.67 Å². The monoisotopic (exact) mass is 558 g/mol. The molecule has 0 aromatic rings. The van der Waals surface area contributed by atoms with Gasteiger partial charge >= 0.3 is 8.56 Å². The van der Waals surface area contributed by atoms with E-state index in [-0.39, 0.29) is 37.1 Å². The lowest BCUT2D eigenvalue weighted by atomic mass is 11.3. The molecule has 0 aromatic carbocycles. The largest absolute Gasteiger partial charge is 0.456 e. The predicted molar refractivity (Wildman–Crippen MR) is 172 cm³/mol. The molecule has 0 aliphatic rings. The maximum Gasteiger partial charge on any atom is 0.311 e. The Hall–Kier alpha value is 0.661. The highest BCUT2D eigenvalue weighted by Crippen LogP contribution is 2.31. The molecule has 0 atom stereocenters. The molecular formula is C23H66O3Si6. The third-order valence-electron chi connectivity index (χ3n) is 4.36. The van der Waals surface area contributed by atoms with E-state index in [2.05, 4.69) is 97.4 Å². The minimum absolute atomic E-state index is 0. The van der Waals surface area contributed by atoms with Crippen LogP contribution in [0.2, 0.25) is 89.9 Å². The highest BCUT2D eigenvalue weighted by Gasteiger charge is 2.44. The Bertz CT molecular complexity index is 484. The van der Waals surface area contributed by atoms with E-state index in [0.29, 0.717) is 0 Å². The summed E-state index contributed by atoms with van der Waals surface area (Å²) in [7, 11) is -10.8. The fraction of sp³-hybridized carbons (Fsp3) is 0.826. The molecule has 0 amide bonds. The molecule has 0 spiro atoms. The van der Waals surface area contributed by atoms with Gasteiger partial charge in [0.1, 0.15) is 0 Å². The fourth-order valence-electron chi connectivity index (χ4n) is 4.41. The van der Waals surface area contributed by atoms with Crippen LogP contribution in [0, 0.1) is 0 Å². The van der Waals surface area contributed by atoms with Gasteiger partial charge in [0.15, 0.2) is 33.3 Å². The minimum atomic E-state index is -2.17. The summed E-state index contributed by atoms with van der Waals surface area (Å²) in [5.41, 5.74) is 6.56. The van der Waals surface area contributed by atoms with Crippen LogP contribution in [0.4, 0.5) is 0 Å². The van der Waals surface area contributed by atoms with Crippen LogP contribution in [0.3, 0.4) is 0 Å². The number of hydrogen-bond acceptors (Lipinski definition) is 3.